The van der Waals surface area contributed by atoms with Crippen molar-refractivity contribution in [2.24, 2.45) is 4.99 Å². The molecule has 0 radical (unpaired) electrons. The Morgan fingerprint density at radius 3 is 2.21 bits per heavy atom. The molecule has 19 heavy (non-hydrogen) atoms. The minimum Gasteiger partial charge on any atom is -0.394 e. The van der Waals surface area contributed by atoms with Crippen LogP contribution in [0.5, 0.6) is 0 Å². The molecule has 0 spiro atoms. The first-order valence-corrected chi connectivity index (χ1v) is 7.11. The fourth-order valence-electron chi connectivity index (χ4n) is 1.63. The molecule has 1 N–H and O–H groups in total. The SMILES string of the molecule is CC(C)=CCCC(C)=CCCC(C)=CC=NCCO. The maximum atomic E-state index is 8.59. The monoisotopic (exact) mass is 263 g/mol. The number of aliphatic hydroxyl groups excluding tert-OH is 1. The highest BCUT2D eigenvalue weighted by Gasteiger charge is 1.91. The third kappa shape index (κ3) is 13.1. The van der Waals surface area contributed by atoms with Crippen LogP contribution in [0.25, 0.3) is 0 Å². The van der Waals surface area contributed by atoms with Crippen LogP contribution >= 0.6 is 0 Å². The van der Waals surface area contributed by atoms with Gasteiger partial charge in [-0.2, -0.15) is 0 Å². The lowest BCUT2D eigenvalue weighted by molar-refractivity contribution is 0.307. The first kappa shape index (κ1) is 17.8. The summed E-state index contributed by atoms with van der Waals surface area (Å²) in [6, 6.07) is 0. The third-order valence-electron chi connectivity index (χ3n) is 2.82. The lowest BCUT2D eigenvalue weighted by atomic mass is 10.1. The van der Waals surface area contributed by atoms with Crippen LogP contribution < -0.4 is 0 Å². The van der Waals surface area contributed by atoms with E-state index in [-0.39, 0.29) is 6.61 Å². The molecule has 2 nitrogen and oxygen atoms in total. The molecule has 108 valence electrons. The van der Waals surface area contributed by atoms with E-state index in [4.69, 9.17) is 5.11 Å². The zero-order valence-electron chi connectivity index (χ0n) is 12.9. The fourth-order valence-corrected chi connectivity index (χ4v) is 1.63. The van der Waals surface area contributed by atoms with E-state index in [1.165, 1.54) is 16.7 Å². The van der Waals surface area contributed by atoms with Crippen LogP contribution in [-0.4, -0.2) is 24.5 Å². The Hall–Kier alpha value is -1.15. The van der Waals surface area contributed by atoms with Gasteiger partial charge in [-0.05, 0) is 59.5 Å². The molecule has 0 rings (SSSR count). The second kappa shape index (κ2) is 11.9. The topological polar surface area (TPSA) is 32.6 Å². The molecule has 0 aromatic rings. The van der Waals surface area contributed by atoms with E-state index in [1.807, 2.05) is 6.08 Å². The molecule has 0 aliphatic carbocycles. The Labute approximate surface area is 118 Å². The molecule has 0 aromatic carbocycles. The summed E-state index contributed by atoms with van der Waals surface area (Å²) in [5.74, 6) is 0. The average molecular weight is 263 g/mol. The normalized spacial score (nSPS) is 13.1. The summed E-state index contributed by atoms with van der Waals surface area (Å²) in [5, 5.41) is 8.59. The minimum atomic E-state index is 0.122. The molecule has 0 bridgehead atoms. The molecule has 0 aromatic heterocycles. The standard InChI is InChI=1S/C17H29NO/c1-15(2)7-5-8-16(3)9-6-10-17(4)11-12-18-13-14-19/h7,9,11-12,19H,5-6,8,10,13-14H2,1-4H3. The van der Waals surface area contributed by atoms with Gasteiger partial charge in [0.2, 0.25) is 0 Å². The quantitative estimate of drug-likeness (QED) is 0.483. The first-order chi connectivity index (χ1) is 9.06. The van der Waals surface area contributed by atoms with Crippen molar-refractivity contribution >= 4 is 6.21 Å². The molecule has 0 heterocycles. The first-order valence-electron chi connectivity index (χ1n) is 7.11. The summed E-state index contributed by atoms with van der Waals surface area (Å²) in [5.41, 5.74) is 4.20. The van der Waals surface area contributed by atoms with E-state index >= 15 is 0 Å². The predicted octanol–water partition coefficient (Wildman–Crippen LogP) is 4.47. The van der Waals surface area contributed by atoms with Crippen molar-refractivity contribution in [3.63, 3.8) is 0 Å². The smallest absolute Gasteiger partial charge is 0.0626 e. The van der Waals surface area contributed by atoms with E-state index in [0.29, 0.717) is 6.54 Å². The number of aliphatic hydroxyl groups is 1. The Bertz CT molecular complexity index is 344. The van der Waals surface area contributed by atoms with Crippen LogP contribution in [0.4, 0.5) is 0 Å². The van der Waals surface area contributed by atoms with Gasteiger partial charge in [0.25, 0.3) is 0 Å². The fraction of sp³-hybridized carbons (Fsp3) is 0.588. The van der Waals surface area contributed by atoms with E-state index < -0.39 is 0 Å². The van der Waals surface area contributed by atoms with Gasteiger partial charge in [-0.1, -0.05) is 28.9 Å². The Balaban J connectivity index is 3.89. The summed E-state index contributed by atoms with van der Waals surface area (Å²) < 4.78 is 0. The van der Waals surface area contributed by atoms with Crippen molar-refractivity contribution in [1.29, 1.82) is 0 Å². The van der Waals surface area contributed by atoms with Crippen molar-refractivity contribution in [2.45, 2.75) is 53.4 Å². The zero-order chi connectivity index (χ0) is 14.5. The van der Waals surface area contributed by atoms with Crippen LogP contribution in [-0.2, 0) is 0 Å². The number of hydrogen-bond acceptors (Lipinski definition) is 2. The molecular formula is C17H29NO. The van der Waals surface area contributed by atoms with E-state index in [2.05, 4.69) is 44.8 Å². The maximum absolute atomic E-state index is 8.59. The van der Waals surface area contributed by atoms with Gasteiger partial charge in [-0.25, -0.2) is 0 Å². The lowest BCUT2D eigenvalue weighted by Gasteiger charge is -2.00. The molecular weight excluding hydrogens is 234 g/mol. The van der Waals surface area contributed by atoms with Crippen molar-refractivity contribution in [1.82, 2.24) is 0 Å². The van der Waals surface area contributed by atoms with Crippen LogP contribution in [0.1, 0.15) is 53.4 Å². The summed E-state index contributed by atoms with van der Waals surface area (Å²) in [7, 11) is 0. The highest BCUT2D eigenvalue weighted by atomic mass is 16.3. The Morgan fingerprint density at radius 2 is 1.58 bits per heavy atom. The van der Waals surface area contributed by atoms with Crippen molar-refractivity contribution in [3.8, 4) is 0 Å². The Morgan fingerprint density at radius 1 is 0.947 bits per heavy atom. The van der Waals surface area contributed by atoms with Gasteiger partial charge in [0, 0.05) is 6.21 Å². The highest BCUT2D eigenvalue weighted by Crippen LogP contribution is 2.10. The molecule has 0 saturated heterocycles. The second-order valence-electron chi connectivity index (χ2n) is 5.20. The molecule has 0 saturated carbocycles. The minimum absolute atomic E-state index is 0.122. The maximum Gasteiger partial charge on any atom is 0.0626 e. The van der Waals surface area contributed by atoms with Gasteiger partial charge in [0.1, 0.15) is 0 Å². The summed E-state index contributed by atoms with van der Waals surface area (Å²) in [4.78, 5) is 4.06. The van der Waals surface area contributed by atoms with Crippen LogP contribution in [0.15, 0.2) is 39.9 Å². The second-order valence-corrected chi connectivity index (χ2v) is 5.20. The molecule has 0 fully saturated rings. The summed E-state index contributed by atoms with van der Waals surface area (Å²) in [6.07, 6.45) is 12.9. The van der Waals surface area contributed by atoms with Crippen molar-refractivity contribution < 1.29 is 5.11 Å². The molecule has 0 atom stereocenters. The Kier molecular flexibility index (Phi) is 11.2. The molecule has 2 heteroatoms. The third-order valence-corrected chi connectivity index (χ3v) is 2.82. The molecule has 0 aliphatic heterocycles. The number of hydrogen-bond donors (Lipinski definition) is 1. The number of aliphatic imine (C=N–C) groups is 1. The average Bonchev–Trinajstić information content (AvgIpc) is 2.34. The predicted molar refractivity (Wildman–Crippen MR) is 85.9 cm³/mol. The van der Waals surface area contributed by atoms with Crippen LogP contribution in [0, 0.1) is 0 Å². The lowest BCUT2D eigenvalue weighted by Crippen LogP contribution is -1.87. The van der Waals surface area contributed by atoms with E-state index in [0.717, 1.165) is 25.7 Å². The van der Waals surface area contributed by atoms with Gasteiger partial charge in [-0.3, -0.25) is 4.99 Å². The highest BCUT2D eigenvalue weighted by molar-refractivity contribution is 5.71. The largest absolute Gasteiger partial charge is 0.394 e. The van der Waals surface area contributed by atoms with E-state index in [9.17, 15) is 0 Å². The van der Waals surface area contributed by atoms with Crippen molar-refractivity contribution in [3.05, 3.63) is 34.9 Å². The van der Waals surface area contributed by atoms with Crippen molar-refractivity contribution in [2.75, 3.05) is 13.2 Å². The van der Waals surface area contributed by atoms with Gasteiger partial charge in [0.15, 0.2) is 0 Å². The summed E-state index contributed by atoms with van der Waals surface area (Å²) >= 11 is 0. The van der Waals surface area contributed by atoms with Crippen LogP contribution in [0.2, 0.25) is 0 Å². The number of nitrogens with zero attached hydrogens (tertiary/aromatic N) is 1. The van der Waals surface area contributed by atoms with Crippen LogP contribution in [0.3, 0.4) is 0 Å². The van der Waals surface area contributed by atoms with Gasteiger partial charge < -0.3 is 5.11 Å². The number of rotatable bonds is 9. The molecule has 0 unspecified atom stereocenters. The van der Waals surface area contributed by atoms with Gasteiger partial charge in [0.05, 0.1) is 13.2 Å². The summed E-state index contributed by atoms with van der Waals surface area (Å²) in [6.45, 7) is 9.24. The van der Waals surface area contributed by atoms with Gasteiger partial charge >= 0.3 is 0 Å². The number of allylic oxidation sites excluding steroid dienone is 6. The van der Waals surface area contributed by atoms with Gasteiger partial charge in [-0.15, -0.1) is 0 Å². The molecule has 0 aliphatic rings. The van der Waals surface area contributed by atoms with E-state index in [1.54, 1.807) is 6.21 Å². The molecule has 0 amide bonds. The zero-order valence-corrected chi connectivity index (χ0v) is 12.9.